The van der Waals surface area contributed by atoms with Crippen molar-refractivity contribution in [1.82, 2.24) is 30.0 Å². The minimum absolute atomic E-state index is 0.109. The first-order chi connectivity index (χ1) is 22.5. The van der Waals surface area contributed by atoms with Crippen LogP contribution in [0.25, 0.3) is 11.5 Å². The monoisotopic (exact) mass is 635 g/mol. The number of hydrogen-bond acceptors (Lipinski definition) is 12. The summed E-state index contributed by atoms with van der Waals surface area (Å²) in [5.74, 6) is 2.45. The molecule has 0 aliphatic rings. The number of aromatic nitrogens is 5. The van der Waals surface area contributed by atoms with Crippen molar-refractivity contribution in [3.05, 3.63) is 78.0 Å². The van der Waals surface area contributed by atoms with Crippen molar-refractivity contribution < 1.29 is 28.5 Å². The SMILES string of the molecule is COc1cc(OCC(=O)NCCOCCOCCN)ccc1Cc1cccc(NCc2nnc(-c3ccncn3)n2C)c1.NC=O. The van der Waals surface area contributed by atoms with Crippen LogP contribution in [0.5, 0.6) is 11.5 Å². The lowest BCUT2D eigenvalue weighted by atomic mass is 10.0. The number of nitrogens with two attached hydrogens (primary N) is 2. The summed E-state index contributed by atoms with van der Waals surface area (Å²) in [6.07, 6.45) is 4.07. The average Bonchev–Trinajstić information content (AvgIpc) is 3.45. The molecule has 2 aromatic carbocycles. The molecule has 2 amide bonds. The fraction of sp³-hybridized carbons (Fsp3) is 0.355. The van der Waals surface area contributed by atoms with Gasteiger partial charge in [0.15, 0.2) is 18.3 Å². The molecule has 0 spiro atoms. The van der Waals surface area contributed by atoms with E-state index >= 15 is 0 Å². The Hall–Kier alpha value is -5.12. The highest BCUT2D eigenvalue weighted by atomic mass is 16.5. The molecule has 2 aromatic heterocycles. The summed E-state index contributed by atoms with van der Waals surface area (Å²) in [6.45, 7) is 3.09. The van der Waals surface area contributed by atoms with Crippen molar-refractivity contribution in [3.63, 3.8) is 0 Å². The van der Waals surface area contributed by atoms with Crippen molar-refractivity contribution in [2.24, 2.45) is 18.5 Å². The second kappa shape index (κ2) is 20.0. The molecule has 246 valence electrons. The van der Waals surface area contributed by atoms with Gasteiger partial charge in [0, 0.05) is 44.5 Å². The Kier molecular flexibility index (Phi) is 15.4. The standard InChI is InChI=1S/C30H38N8O5.CH3NO/c1-38-28(36-37-30(38)26-8-10-32-21-35-26)19-34-24-5-3-4-22(17-24)16-23-6-7-25(18-27(23)40-2)43-20-29(39)33-11-13-42-15-14-41-12-9-31;2-1-3/h3-8,10,17-18,21,34H,9,11-16,19-20,31H2,1-2H3,(H,33,39);1H,(H2,2,3). The molecular weight excluding hydrogens is 594 g/mol. The van der Waals surface area contributed by atoms with E-state index in [1.54, 1.807) is 25.4 Å². The molecule has 0 radical (unpaired) electrons. The molecule has 15 heteroatoms. The van der Waals surface area contributed by atoms with Crippen molar-refractivity contribution in [2.75, 3.05) is 58.6 Å². The Labute approximate surface area is 267 Å². The van der Waals surface area contributed by atoms with Crippen molar-refractivity contribution in [2.45, 2.75) is 13.0 Å². The number of nitrogens with zero attached hydrogens (tertiary/aromatic N) is 5. The maximum absolute atomic E-state index is 12.1. The van der Waals surface area contributed by atoms with Crippen LogP contribution in [0.3, 0.4) is 0 Å². The Morgan fingerprint density at radius 1 is 1.04 bits per heavy atom. The Balaban J connectivity index is 0.00000185. The number of carbonyl (C=O) groups is 2. The topological polar surface area (TPSA) is 204 Å². The zero-order valence-electron chi connectivity index (χ0n) is 26.1. The largest absolute Gasteiger partial charge is 0.496 e. The van der Waals surface area contributed by atoms with E-state index in [0.717, 1.165) is 22.6 Å². The van der Waals surface area contributed by atoms with E-state index in [4.69, 9.17) is 29.5 Å². The molecule has 4 aromatic rings. The van der Waals surface area contributed by atoms with Crippen molar-refractivity contribution in [3.8, 4) is 23.0 Å². The predicted octanol–water partition coefficient (Wildman–Crippen LogP) is 1.07. The second-order valence-corrected chi connectivity index (χ2v) is 9.59. The van der Waals surface area contributed by atoms with Gasteiger partial charge in [0.25, 0.3) is 5.91 Å². The van der Waals surface area contributed by atoms with Gasteiger partial charge in [-0.1, -0.05) is 18.2 Å². The number of nitrogens with one attached hydrogen (secondary N) is 2. The van der Waals surface area contributed by atoms with Crippen LogP contribution in [0.2, 0.25) is 0 Å². The second-order valence-electron chi connectivity index (χ2n) is 9.59. The lowest BCUT2D eigenvalue weighted by Crippen LogP contribution is -2.31. The molecule has 0 atom stereocenters. The number of ether oxygens (including phenoxy) is 4. The van der Waals surface area contributed by atoms with Crippen LogP contribution >= 0.6 is 0 Å². The van der Waals surface area contributed by atoms with E-state index in [2.05, 4.69) is 48.7 Å². The minimum Gasteiger partial charge on any atom is -0.496 e. The molecule has 15 nitrogen and oxygen atoms in total. The molecule has 0 aliphatic heterocycles. The van der Waals surface area contributed by atoms with Gasteiger partial charge in [-0.3, -0.25) is 9.59 Å². The number of amides is 2. The lowest BCUT2D eigenvalue weighted by Gasteiger charge is -2.13. The molecule has 2 heterocycles. The maximum Gasteiger partial charge on any atom is 0.258 e. The number of benzene rings is 2. The van der Waals surface area contributed by atoms with E-state index in [1.165, 1.54) is 6.33 Å². The fourth-order valence-electron chi connectivity index (χ4n) is 4.18. The number of primary amides is 1. The van der Waals surface area contributed by atoms with E-state index in [-0.39, 0.29) is 18.9 Å². The summed E-state index contributed by atoms with van der Waals surface area (Å²) < 4.78 is 23.8. The third kappa shape index (κ3) is 11.8. The molecule has 46 heavy (non-hydrogen) atoms. The quantitative estimate of drug-likeness (QED) is 0.0896. The van der Waals surface area contributed by atoms with Crippen LogP contribution in [0.1, 0.15) is 17.0 Å². The predicted molar refractivity (Wildman–Crippen MR) is 171 cm³/mol. The molecule has 0 fully saturated rings. The van der Waals surface area contributed by atoms with Crippen molar-refractivity contribution >= 4 is 18.0 Å². The van der Waals surface area contributed by atoms with E-state index in [9.17, 15) is 4.79 Å². The number of carbonyl (C=O) groups excluding carboxylic acids is 2. The Morgan fingerprint density at radius 2 is 1.85 bits per heavy atom. The van der Waals surface area contributed by atoms with E-state index in [1.807, 2.05) is 35.9 Å². The first kappa shape index (κ1) is 35.4. The lowest BCUT2D eigenvalue weighted by molar-refractivity contribution is -0.123. The van der Waals surface area contributed by atoms with Gasteiger partial charge in [0.2, 0.25) is 6.41 Å². The maximum atomic E-state index is 12.1. The summed E-state index contributed by atoms with van der Waals surface area (Å²) in [5, 5.41) is 14.8. The summed E-state index contributed by atoms with van der Waals surface area (Å²) in [5.41, 5.74) is 13.3. The Morgan fingerprint density at radius 3 is 2.59 bits per heavy atom. The molecule has 0 saturated carbocycles. The summed E-state index contributed by atoms with van der Waals surface area (Å²) in [6, 6.07) is 15.5. The van der Waals surface area contributed by atoms with Crippen LogP contribution in [-0.2, 0) is 39.1 Å². The number of anilines is 1. The van der Waals surface area contributed by atoms with Gasteiger partial charge in [0.1, 0.15) is 23.5 Å². The van der Waals surface area contributed by atoms with Crippen molar-refractivity contribution in [1.29, 1.82) is 0 Å². The zero-order chi connectivity index (χ0) is 33.0. The van der Waals surface area contributed by atoms with Gasteiger partial charge in [-0.2, -0.15) is 0 Å². The molecular formula is C31H41N9O6. The van der Waals surface area contributed by atoms with Crippen LogP contribution in [-0.4, -0.2) is 90.3 Å². The summed E-state index contributed by atoms with van der Waals surface area (Å²) >= 11 is 0. The van der Waals surface area contributed by atoms with Crippen LogP contribution in [0.4, 0.5) is 5.69 Å². The molecule has 6 N–H and O–H groups in total. The van der Waals surface area contributed by atoms with Gasteiger partial charge in [-0.05, 0) is 35.4 Å². The third-order valence-electron chi connectivity index (χ3n) is 6.38. The highest BCUT2D eigenvalue weighted by molar-refractivity contribution is 5.77. The van der Waals surface area contributed by atoms with Crippen LogP contribution in [0.15, 0.2) is 61.1 Å². The highest BCUT2D eigenvalue weighted by Gasteiger charge is 2.12. The van der Waals surface area contributed by atoms with Gasteiger partial charge in [0.05, 0.1) is 40.1 Å². The fourth-order valence-corrected chi connectivity index (χ4v) is 4.18. The third-order valence-corrected chi connectivity index (χ3v) is 6.38. The summed E-state index contributed by atoms with van der Waals surface area (Å²) in [4.78, 5) is 28.9. The molecule has 4 rings (SSSR count). The van der Waals surface area contributed by atoms with Crippen LogP contribution < -0.4 is 31.6 Å². The van der Waals surface area contributed by atoms with Gasteiger partial charge in [-0.15, -0.1) is 10.2 Å². The number of methoxy groups -OCH3 is 1. The Bertz CT molecular complexity index is 1490. The van der Waals surface area contributed by atoms with Crippen LogP contribution in [0, 0.1) is 0 Å². The zero-order valence-corrected chi connectivity index (χ0v) is 26.1. The first-order valence-electron chi connectivity index (χ1n) is 14.5. The van der Waals surface area contributed by atoms with Gasteiger partial charge >= 0.3 is 0 Å². The van der Waals surface area contributed by atoms with Gasteiger partial charge in [-0.25, -0.2) is 9.97 Å². The van der Waals surface area contributed by atoms with E-state index < -0.39 is 0 Å². The van der Waals surface area contributed by atoms with Gasteiger partial charge < -0.3 is 45.6 Å². The molecule has 0 saturated heterocycles. The molecule has 0 unspecified atom stereocenters. The minimum atomic E-state index is -0.234. The summed E-state index contributed by atoms with van der Waals surface area (Å²) in [7, 11) is 3.53. The molecule has 0 bridgehead atoms. The average molecular weight is 636 g/mol. The molecule has 0 aliphatic carbocycles. The van der Waals surface area contributed by atoms with E-state index in [0.29, 0.717) is 75.5 Å². The highest BCUT2D eigenvalue weighted by Crippen LogP contribution is 2.27. The normalized spacial score (nSPS) is 10.4. The number of rotatable bonds is 18. The first-order valence-corrected chi connectivity index (χ1v) is 14.5. The number of hydrogen-bond donors (Lipinski definition) is 4. The smallest absolute Gasteiger partial charge is 0.258 e.